The number of halogens is 3. The van der Waals surface area contributed by atoms with Gasteiger partial charge in [-0.3, -0.25) is 9.48 Å². The maximum Gasteiger partial charge on any atom is 0.387 e. The van der Waals surface area contributed by atoms with Crippen LogP contribution in [0.4, 0.5) is 13.9 Å². The molecule has 142 valence electrons. The van der Waals surface area contributed by atoms with Gasteiger partial charge < -0.3 is 10.1 Å². The number of hydrogen-bond donors (Lipinski definition) is 1. The van der Waals surface area contributed by atoms with Crippen LogP contribution in [0.15, 0.2) is 42.0 Å². The number of amides is 1. The van der Waals surface area contributed by atoms with Crippen molar-refractivity contribution in [3.63, 3.8) is 0 Å². The van der Waals surface area contributed by atoms with Crippen LogP contribution >= 0.6 is 22.9 Å². The van der Waals surface area contributed by atoms with Crippen molar-refractivity contribution >= 4 is 34.0 Å². The molecule has 2 aromatic heterocycles. The van der Waals surface area contributed by atoms with Gasteiger partial charge in [0.05, 0.1) is 16.9 Å². The minimum atomic E-state index is -2.87. The zero-order valence-corrected chi connectivity index (χ0v) is 15.7. The monoisotopic (exact) mass is 412 g/mol. The molecule has 0 saturated heterocycles. The predicted molar refractivity (Wildman–Crippen MR) is 99.4 cm³/mol. The molecular formula is C17H15ClF2N4O2S. The molecule has 2 heterocycles. The molecule has 0 aliphatic rings. The lowest BCUT2D eigenvalue weighted by molar-refractivity contribution is -0.119. The highest BCUT2D eigenvalue weighted by molar-refractivity contribution is 7.14. The van der Waals surface area contributed by atoms with Crippen LogP contribution in [0.2, 0.25) is 5.02 Å². The Labute approximate surface area is 162 Å². The van der Waals surface area contributed by atoms with Gasteiger partial charge in [-0.25, -0.2) is 4.98 Å². The molecule has 1 amide bonds. The van der Waals surface area contributed by atoms with E-state index >= 15 is 0 Å². The fourth-order valence-electron chi connectivity index (χ4n) is 2.44. The van der Waals surface area contributed by atoms with E-state index in [1.54, 1.807) is 23.7 Å². The Kier molecular flexibility index (Phi) is 6.02. The van der Waals surface area contributed by atoms with E-state index < -0.39 is 12.7 Å². The van der Waals surface area contributed by atoms with Gasteiger partial charge in [0.25, 0.3) is 5.91 Å². The molecule has 0 aliphatic heterocycles. The maximum atomic E-state index is 12.5. The average Bonchev–Trinajstić information content (AvgIpc) is 3.25. The third-order valence-corrected chi connectivity index (χ3v) is 4.64. The van der Waals surface area contributed by atoms with Crippen LogP contribution in [-0.4, -0.2) is 27.3 Å². The second-order valence-corrected chi connectivity index (χ2v) is 6.79. The van der Waals surface area contributed by atoms with Crippen molar-refractivity contribution in [3.05, 3.63) is 47.1 Å². The summed E-state index contributed by atoms with van der Waals surface area (Å²) in [4.78, 5) is 16.9. The number of nitrogens with zero attached hydrogens (tertiary/aromatic N) is 3. The van der Waals surface area contributed by atoms with E-state index in [1.807, 2.05) is 6.92 Å². The summed E-state index contributed by atoms with van der Waals surface area (Å²) in [5.74, 6) is -0.181. The molecule has 27 heavy (non-hydrogen) atoms. The van der Waals surface area contributed by atoms with Gasteiger partial charge in [-0.1, -0.05) is 18.5 Å². The molecule has 1 N–H and O–H groups in total. The minimum absolute atomic E-state index is 0.0705. The number of ether oxygens (including phenoxy) is 1. The number of alkyl halides is 2. The number of benzene rings is 1. The number of carbonyl (C=O) groups excluding carboxylic acids is 1. The second-order valence-electron chi connectivity index (χ2n) is 5.49. The Bertz CT molecular complexity index is 914. The summed E-state index contributed by atoms with van der Waals surface area (Å²) in [7, 11) is 0. The van der Waals surface area contributed by atoms with Gasteiger partial charge in [-0.15, -0.1) is 11.3 Å². The standard InChI is InChI=1S/C17H15ClF2N4O2S/c1-2-14(24-8-11(18)7-21-24)15(25)23-17-22-13(9-27-17)10-3-5-12(6-4-10)26-16(19)20/h3-9,14,16H,2H2,1H3,(H,22,23,25). The van der Waals surface area contributed by atoms with E-state index in [0.717, 1.165) is 5.56 Å². The second kappa shape index (κ2) is 8.45. The normalized spacial score (nSPS) is 12.2. The van der Waals surface area contributed by atoms with Gasteiger partial charge in [-0.05, 0) is 30.7 Å². The van der Waals surface area contributed by atoms with Crippen molar-refractivity contribution in [1.29, 1.82) is 0 Å². The first-order valence-electron chi connectivity index (χ1n) is 7.97. The number of nitrogens with one attached hydrogen (secondary N) is 1. The van der Waals surface area contributed by atoms with Crippen molar-refractivity contribution in [2.75, 3.05) is 5.32 Å². The fraction of sp³-hybridized carbons (Fsp3) is 0.235. The van der Waals surface area contributed by atoms with E-state index in [1.165, 1.54) is 34.3 Å². The first-order chi connectivity index (χ1) is 13.0. The van der Waals surface area contributed by atoms with Gasteiger partial charge >= 0.3 is 6.61 Å². The zero-order valence-electron chi connectivity index (χ0n) is 14.1. The Morgan fingerprint density at radius 2 is 2.11 bits per heavy atom. The maximum absolute atomic E-state index is 12.5. The average molecular weight is 413 g/mol. The Hall–Kier alpha value is -2.52. The molecule has 0 spiro atoms. The Balaban J connectivity index is 1.69. The summed E-state index contributed by atoms with van der Waals surface area (Å²) in [5, 5.41) is 9.50. The quantitative estimate of drug-likeness (QED) is 0.602. The summed E-state index contributed by atoms with van der Waals surface area (Å²) in [6.07, 6.45) is 3.60. The van der Waals surface area contributed by atoms with Crippen LogP contribution in [-0.2, 0) is 4.79 Å². The minimum Gasteiger partial charge on any atom is -0.435 e. The number of rotatable bonds is 7. The van der Waals surface area contributed by atoms with Gasteiger partial charge in [0.15, 0.2) is 5.13 Å². The number of thiazole rings is 1. The topological polar surface area (TPSA) is 69.0 Å². The third-order valence-electron chi connectivity index (χ3n) is 3.69. The molecule has 0 radical (unpaired) electrons. The highest BCUT2D eigenvalue weighted by Crippen LogP contribution is 2.27. The molecule has 1 unspecified atom stereocenters. The first-order valence-corrected chi connectivity index (χ1v) is 9.23. The van der Waals surface area contributed by atoms with Crippen LogP contribution in [0, 0.1) is 0 Å². The number of anilines is 1. The van der Waals surface area contributed by atoms with E-state index in [-0.39, 0.29) is 11.7 Å². The molecule has 10 heteroatoms. The lowest BCUT2D eigenvalue weighted by Gasteiger charge is -2.14. The van der Waals surface area contributed by atoms with E-state index in [2.05, 4.69) is 20.1 Å². The third kappa shape index (κ3) is 4.81. The molecule has 0 aliphatic carbocycles. The predicted octanol–water partition coefficient (Wildman–Crippen LogP) is 4.85. The van der Waals surface area contributed by atoms with Gasteiger partial charge in [-0.2, -0.15) is 13.9 Å². The lowest BCUT2D eigenvalue weighted by Crippen LogP contribution is -2.25. The molecule has 1 aromatic carbocycles. The van der Waals surface area contributed by atoms with Gasteiger partial charge in [0.1, 0.15) is 11.8 Å². The zero-order chi connectivity index (χ0) is 19.4. The van der Waals surface area contributed by atoms with Crippen molar-refractivity contribution in [3.8, 4) is 17.0 Å². The van der Waals surface area contributed by atoms with E-state index in [4.69, 9.17) is 11.6 Å². The number of hydrogen-bond acceptors (Lipinski definition) is 5. The lowest BCUT2D eigenvalue weighted by atomic mass is 10.2. The van der Waals surface area contributed by atoms with Crippen LogP contribution in [0.3, 0.4) is 0 Å². The van der Waals surface area contributed by atoms with Crippen molar-refractivity contribution in [2.45, 2.75) is 26.0 Å². The summed E-state index contributed by atoms with van der Waals surface area (Å²) in [5.41, 5.74) is 1.34. The summed E-state index contributed by atoms with van der Waals surface area (Å²) in [6, 6.07) is 5.62. The molecule has 0 fully saturated rings. The highest BCUT2D eigenvalue weighted by atomic mass is 35.5. The molecule has 0 bridgehead atoms. The molecule has 1 atom stereocenters. The summed E-state index contributed by atoms with van der Waals surface area (Å²) < 4.78 is 30.2. The molecule has 3 aromatic rings. The van der Waals surface area contributed by atoms with Crippen LogP contribution < -0.4 is 10.1 Å². The van der Waals surface area contributed by atoms with Crippen LogP contribution in [0.5, 0.6) is 5.75 Å². The van der Waals surface area contributed by atoms with Crippen molar-refractivity contribution < 1.29 is 18.3 Å². The van der Waals surface area contributed by atoms with Crippen molar-refractivity contribution in [2.24, 2.45) is 0 Å². The molecule has 0 saturated carbocycles. The fourth-order valence-corrected chi connectivity index (χ4v) is 3.30. The summed E-state index contributed by atoms with van der Waals surface area (Å²) in [6.45, 7) is -0.996. The van der Waals surface area contributed by atoms with Crippen LogP contribution in [0.1, 0.15) is 19.4 Å². The van der Waals surface area contributed by atoms with Crippen molar-refractivity contribution in [1.82, 2.24) is 14.8 Å². The largest absolute Gasteiger partial charge is 0.435 e. The highest BCUT2D eigenvalue weighted by Gasteiger charge is 2.20. The van der Waals surface area contributed by atoms with Gasteiger partial charge in [0.2, 0.25) is 0 Å². The van der Waals surface area contributed by atoms with Crippen LogP contribution in [0.25, 0.3) is 11.3 Å². The number of aromatic nitrogens is 3. The molecule has 6 nitrogen and oxygen atoms in total. The Morgan fingerprint density at radius 3 is 2.70 bits per heavy atom. The van der Waals surface area contributed by atoms with E-state index in [9.17, 15) is 13.6 Å². The first kappa shape index (κ1) is 19.2. The van der Waals surface area contributed by atoms with Gasteiger partial charge in [0, 0.05) is 17.1 Å². The molecule has 3 rings (SSSR count). The number of carbonyl (C=O) groups is 1. The smallest absolute Gasteiger partial charge is 0.387 e. The summed E-state index contributed by atoms with van der Waals surface area (Å²) >= 11 is 7.13. The molecular weight excluding hydrogens is 398 g/mol. The Morgan fingerprint density at radius 1 is 1.37 bits per heavy atom. The SMILES string of the molecule is CCC(C(=O)Nc1nc(-c2ccc(OC(F)F)cc2)cs1)n1cc(Cl)cn1. The van der Waals surface area contributed by atoms with E-state index in [0.29, 0.717) is 22.3 Å².